The molecule has 1 aliphatic heterocycles. The lowest BCUT2D eigenvalue weighted by atomic mass is 9.99. The third-order valence-electron chi connectivity index (χ3n) is 3.77. The van der Waals surface area contributed by atoms with Gasteiger partial charge in [0.05, 0.1) is 6.61 Å². The number of aliphatic hydroxyl groups is 1. The van der Waals surface area contributed by atoms with Crippen LogP contribution < -0.4 is 0 Å². The first-order valence-electron chi connectivity index (χ1n) is 6.16. The van der Waals surface area contributed by atoms with E-state index in [-0.39, 0.29) is 12.6 Å². The molecule has 1 aromatic heterocycles. The lowest BCUT2D eigenvalue weighted by Crippen LogP contribution is -2.47. The van der Waals surface area contributed by atoms with Crippen LogP contribution in [0, 0.1) is 5.92 Å². The molecule has 90 valence electrons. The minimum atomic E-state index is 0.253. The number of hydrogen-bond donors (Lipinski definition) is 1. The van der Waals surface area contributed by atoms with Gasteiger partial charge in [0, 0.05) is 37.1 Å². The monoisotopic (exact) mass is 222 g/mol. The molecule has 2 heterocycles. The van der Waals surface area contributed by atoms with Crippen LogP contribution in [-0.2, 0) is 6.54 Å². The second-order valence-electron chi connectivity index (χ2n) is 5.03. The fraction of sp³-hybridized carbons (Fsp3) is 0.692. The van der Waals surface area contributed by atoms with Gasteiger partial charge in [-0.1, -0.05) is 13.8 Å². The number of fused-ring (bicyclic) bond motifs is 1. The molecule has 0 saturated carbocycles. The highest BCUT2D eigenvalue weighted by Crippen LogP contribution is 2.29. The Bertz CT molecular complexity index is 345. The van der Waals surface area contributed by atoms with E-state index in [1.807, 2.05) is 0 Å². The molecule has 0 spiro atoms. The summed E-state index contributed by atoms with van der Waals surface area (Å²) >= 11 is 0. The van der Waals surface area contributed by atoms with E-state index in [1.165, 1.54) is 5.69 Å². The van der Waals surface area contributed by atoms with Crippen molar-refractivity contribution in [1.82, 2.24) is 9.47 Å². The standard InChI is InChI=1S/C13H22N2O/c1-10(2)13(9-16)15-8-7-14-6-4-5-12(14)11(15)3/h4-6,10-11,13,16H,7-9H2,1-3H3/t11-,13-/m1/s1. The molecule has 16 heavy (non-hydrogen) atoms. The van der Waals surface area contributed by atoms with E-state index < -0.39 is 0 Å². The van der Waals surface area contributed by atoms with Gasteiger partial charge >= 0.3 is 0 Å². The maximum atomic E-state index is 9.52. The van der Waals surface area contributed by atoms with E-state index in [0.29, 0.717) is 12.0 Å². The van der Waals surface area contributed by atoms with Gasteiger partial charge in [-0.3, -0.25) is 4.90 Å². The Labute approximate surface area is 97.7 Å². The average molecular weight is 222 g/mol. The largest absolute Gasteiger partial charge is 0.395 e. The van der Waals surface area contributed by atoms with Gasteiger partial charge in [0.2, 0.25) is 0 Å². The average Bonchev–Trinajstić information content (AvgIpc) is 2.70. The van der Waals surface area contributed by atoms with Crippen LogP contribution in [0.5, 0.6) is 0 Å². The molecule has 0 aliphatic carbocycles. The third-order valence-corrected chi connectivity index (χ3v) is 3.77. The summed E-state index contributed by atoms with van der Waals surface area (Å²) in [5.41, 5.74) is 1.37. The summed E-state index contributed by atoms with van der Waals surface area (Å²) in [4.78, 5) is 2.43. The van der Waals surface area contributed by atoms with Crippen LogP contribution >= 0.6 is 0 Å². The van der Waals surface area contributed by atoms with Gasteiger partial charge in [0.15, 0.2) is 0 Å². The second-order valence-corrected chi connectivity index (χ2v) is 5.03. The lowest BCUT2D eigenvalue weighted by Gasteiger charge is -2.41. The van der Waals surface area contributed by atoms with Crippen molar-refractivity contribution in [3.63, 3.8) is 0 Å². The molecule has 0 saturated heterocycles. The molecule has 3 nitrogen and oxygen atoms in total. The molecule has 0 aromatic carbocycles. The van der Waals surface area contributed by atoms with E-state index in [4.69, 9.17) is 0 Å². The van der Waals surface area contributed by atoms with E-state index in [9.17, 15) is 5.11 Å². The summed E-state index contributed by atoms with van der Waals surface area (Å²) in [6.45, 7) is 8.92. The van der Waals surface area contributed by atoms with Gasteiger partial charge in [-0.2, -0.15) is 0 Å². The minimum absolute atomic E-state index is 0.253. The van der Waals surface area contributed by atoms with Crippen molar-refractivity contribution in [1.29, 1.82) is 0 Å². The van der Waals surface area contributed by atoms with Gasteiger partial charge in [0.1, 0.15) is 0 Å². The Balaban J connectivity index is 2.20. The number of aromatic nitrogens is 1. The molecule has 2 rings (SSSR count). The number of rotatable bonds is 3. The summed E-state index contributed by atoms with van der Waals surface area (Å²) in [6, 6.07) is 4.98. The van der Waals surface area contributed by atoms with Gasteiger partial charge in [0.25, 0.3) is 0 Å². The predicted octanol–water partition coefficient (Wildman–Crippen LogP) is 1.88. The van der Waals surface area contributed by atoms with Crippen LogP contribution in [-0.4, -0.2) is 33.8 Å². The van der Waals surface area contributed by atoms with Crippen molar-refractivity contribution < 1.29 is 5.11 Å². The quantitative estimate of drug-likeness (QED) is 0.846. The highest BCUT2D eigenvalue weighted by atomic mass is 16.3. The smallest absolute Gasteiger partial charge is 0.0589 e. The summed E-state index contributed by atoms with van der Waals surface area (Å²) < 4.78 is 2.32. The maximum Gasteiger partial charge on any atom is 0.0589 e. The maximum absolute atomic E-state index is 9.52. The van der Waals surface area contributed by atoms with Gasteiger partial charge in [-0.15, -0.1) is 0 Å². The predicted molar refractivity (Wildman–Crippen MR) is 65.3 cm³/mol. The summed E-state index contributed by atoms with van der Waals surface area (Å²) in [5.74, 6) is 0.494. The number of aliphatic hydroxyl groups excluding tert-OH is 1. The summed E-state index contributed by atoms with van der Waals surface area (Å²) in [5, 5.41) is 9.52. The summed E-state index contributed by atoms with van der Waals surface area (Å²) in [7, 11) is 0. The number of nitrogens with zero attached hydrogens (tertiary/aromatic N) is 2. The molecule has 0 unspecified atom stereocenters. The minimum Gasteiger partial charge on any atom is -0.395 e. The molecule has 0 fully saturated rings. The Hall–Kier alpha value is -0.800. The first-order valence-corrected chi connectivity index (χ1v) is 6.16. The van der Waals surface area contributed by atoms with Crippen LogP contribution in [0.25, 0.3) is 0 Å². The third kappa shape index (κ3) is 1.89. The Morgan fingerprint density at radius 1 is 1.44 bits per heavy atom. The molecule has 0 radical (unpaired) electrons. The number of hydrogen-bond acceptors (Lipinski definition) is 2. The molecule has 3 heteroatoms. The van der Waals surface area contributed by atoms with Crippen molar-refractivity contribution in [3.05, 3.63) is 24.0 Å². The van der Waals surface area contributed by atoms with Crippen LogP contribution in [0.15, 0.2) is 18.3 Å². The highest BCUT2D eigenvalue weighted by molar-refractivity contribution is 5.14. The van der Waals surface area contributed by atoms with Crippen molar-refractivity contribution in [2.75, 3.05) is 13.2 Å². The molecule has 1 aliphatic rings. The van der Waals surface area contributed by atoms with Crippen molar-refractivity contribution in [3.8, 4) is 0 Å². The Morgan fingerprint density at radius 3 is 2.81 bits per heavy atom. The fourth-order valence-corrected chi connectivity index (χ4v) is 2.75. The first kappa shape index (κ1) is 11.7. The molecule has 2 atom stereocenters. The first-order chi connectivity index (χ1) is 7.65. The van der Waals surface area contributed by atoms with Crippen LogP contribution in [0.4, 0.5) is 0 Å². The fourth-order valence-electron chi connectivity index (χ4n) is 2.75. The molecular weight excluding hydrogens is 200 g/mol. The molecule has 1 N–H and O–H groups in total. The lowest BCUT2D eigenvalue weighted by molar-refractivity contribution is 0.0428. The molecular formula is C13H22N2O. The molecule has 1 aromatic rings. The molecule has 0 bridgehead atoms. The zero-order chi connectivity index (χ0) is 11.7. The zero-order valence-electron chi connectivity index (χ0n) is 10.4. The SMILES string of the molecule is CC(C)[C@@H](CO)N1CCn2cccc2[C@H]1C. The normalized spacial score (nSPS) is 23.4. The van der Waals surface area contributed by atoms with Crippen molar-refractivity contribution in [2.24, 2.45) is 5.92 Å². The van der Waals surface area contributed by atoms with Crippen LogP contribution in [0.3, 0.4) is 0 Å². The van der Waals surface area contributed by atoms with Gasteiger partial charge in [-0.05, 0) is 25.0 Å². The van der Waals surface area contributed by atoms with Crippen LogP contribution in [0.1, 0.15) is 32.5 Å². The highest BCUT2D eigenvalue weighted by Gasteiger charge is 2.30. The second kappa shape index (κ2) is 4.60. The van der Waals surface area contributed by atoms with Gasteiger partial charge in [-0.25, -0.2) is 0 Å². The molecule has 0 amide bonds. The Morgan fingerprint density at radius 2 is 2.19 bits per heavy atom. The van der Waals surface area contributed by atoms with E-state index in [2.05, 4.69) is 48.6 Å². The topological polar surface area (TPSA) is 28.4 Å². The van der Waals surface area contributed by atoms with E-state index in [1.54, 1.807) is 0 Å². The van der Waals surface area contributed by atoms with Crippen molar-refractivity contribution in [2.45, 2.75) is 39.4 Å². The van der Waals surface area contributed by atoms with E-state index >= 15 is 0 Å². The summed E-state index contributed by atoms with van der Waals surface area (Å²) in [6.07, 6.45) is 2.15. The van der Waals surface area contributed by atoms with Crippen molar-refractivity contribution >= 4 is 0 Å². The van der Waals surface area contributed by atoms with E-state index in [0.717, 1.165) is 13.1 Å². The zero-order valence-corrected chi connectivity index (χ0v) is 10.4. The Kier molecular flexibility index (Phi) is 3.36. The van der Waals surface area contributed by atoms with Crippen LogP contribution in [0.2, 0.25) is 0 Å². The van der Waals surface area contributed by atoms with Gasteiger partial charge < -0.3 is 9.67 Å².